The van der Waals surface area contributed by atoms with Crippen molar-refractivity contribution in [3.05, 3.63) is 21.6 Å². The maximum Gasteiger partial charge on any atom is 0.258 e. The van der Waals surface area contributed by atoms with Gasteiger partial charge < -0.3 is 5.32 Å². The Morgan fingerprint density at radius 2 is 2.00 bits per heavy atom. The third-order valence-electron chi connectivity index (χ3n) is 3.89. The number of nitrogens with zero attached hydrogens (tertiary/aromatic N) is 2. The smallest absolute Gasteiger partial charge is 0.258 e. The van der Waals surface area contributed by atoms with Crippen LogP contribution in [0.25, 0.3) is 0 Å². The van der Waals surface area contributed by atoms with Gasteiger partial charge in [-0.2, -0.15) is 0 Å². The summed E-state index contributed by atoms with van der Waals surface area (Å²) in [5.41, 5.74) is 1.82. The van der Waals surface area contributed by atoms with E-state index in [0.29, 0.717) is 5.95 Å². The largest absolute Gasteiger partial charge is 0.359 e. The van der Waals surface area contributed by atoms with Gasteiger partial charge in [0, 0.05) is 25.4 Å². The molecule has 4 heteroatoms. The Bertz CT molecular complexity index is 465. The van der Waals surface area contributed by atoms with Crippen molar-refractivity contribution in [1.82, 2.24) is 9.55 Å². The lowest BCUT2D eigenvalue weighted by atomic mass is 9.93. The normalized spacial score (nSPS) is 12.5. The molecule has 0 amide bonds. The molecule has 0 radical (unpaired) electrons. The SMILES string of the molecule is CCCC(CC)CCc1c(C)nc(NC)n(C)c1=O. The summed E-state index contributed by atoms with van der Waals surface area (Å²) >= 11 is 0. The summed E-state index contributed by atoms with van der Waals surface area (Å²) in [6.07, 6.45) is 5.58. The molecular formula is C15H27N3O. The highest BCUT2D eigenvalue weighted by atomic mass is 16.1. The molecule has 4 nitrogen and oxygen atoms in total. The fourth-order valence-electron chi connectivity index (χ4n) is 2.58. The van der Waals surface area contributed by atoms with Crippen molar-refractivity contribution in [3.8, 4) is 0 Å². The van der Waals surface area contributed by atoms with Crippen molar-refractivity contribution >= 4 is 5.95 Å². The monoisotopic (exact) mass is 265 g/mol. The number of aryl methyl sites for hydroxylation is 1. The molecule has 0 fully saturated rings. The quantitative estimate of drug-likeness (QED) is 0.824. The van der Waals surface area contributed by atoms with Crippen molar-refractivity contribution < 1.29 is 0 Å². The summed E-state index contributed by atoms with van der Waals surface area (Å²) in [6, 6.07) is 0. The average Bonchev–Trinajstić information content (AvgIpc) is 2.41. The van der Waals surface area contributed by atoms with Crippen molar-refractivity contribution in [1.29, 1.82) is 0 Å². The molecule has 0 aliphatic heterocycles. The van der Waals surface area contributed by atoms with Crippen LogP contribution >= 0.6 is 0 Å². The average molecular weight is 265 g/mol. The fraction of sp³-hybridized carbons (Fsp3) is 0.733. The molecular weight excluding hydrogens is 238 g/mol. The van der Waals surface area contributed by atoms with Gasteiger partial charge in [0.15, 0.2) is 0 Å². The Hall–Kier alpha value is -1.32. The first-order valence-electron chi connectivity index (χ1n) is 7.29. The van der Waals surface area contributed by atoms with Gasteiger partial charge in [0.25, 0.3) is 5.56 Å². The van der Waals surface area contributed by atoms with E-state index in [0.717, 1.165) is 30.0 Å². The molecule has 1 heterocycles. The molecule has 1 rings (SSSR count). The second-order valence-corrected chi connectivity index (χ2v) is 5.22. The molecule has 0 spiro atoms. The highest BCUT2D eigenvalue weighted by Crippen LogP contribution is 2.18. The van der Waals surface area contributed by atoms with Gasteiger partial charge in [-0.1, -0.05) is 33.1 Å². The third kappa shape index (κ3) is 3.82. The van der Waals surface area contributed by atoms with Gasteiger partial charge in [-0.3, -0.25) is 9.36 Å². The lowest BCUT2D eigenvalue weighted by Crippen LogP contribution is -2.26. The van der Waals surface area contributed by atoms with E-state index >= 15 is 0 Å². The molecule has 0 aromatic carbocycles. The summed E-state index contributed by atoms with van der Waals surface area (Å²) in [7, 11) is 3.56. The molecule has 1 unspecified atom stereocenters. The van der Waals surface area contributed by atoms with Gasteiger partial charge in [-0.25, -0.2) is 4.98 Å². The number of aromatic nitrogens is 2. The van der Waals surface area contributed by atoms with E-state index in [1.165, 1.54) is 19.3 Å². The maximum atomic E-state index is 12.3. The van der Waals surface area contributed by atoms with Gasteiger partial charge in [0.2, 0.25) is 5.95 Å². The van der Waals surface area contributed by atoms with Gasteiger partial charge in [-0.05, 0) is 25.7 Å². The Kier molecular flexibility index (Phi) is 6.06. The standard InChI is InChI=1S/C15H27N3O/c1-6-8-12(7-2)9-10-13-11(3)17-15(16-4)18(5)14(13)19/h12H,6-10H2,1-5H3,(H,16,17). The van der Waals surface area contributed by atoms with Crippen LogP contribution in [-0.2, 0) is 13.5 Å². The first-order chi connectivity index (χ1) is 9.04. The van der Waals surface area contributed by atoms with Crippen molar-refractivity contribution in [2.45, 2.75) is 52.9 Å². The number of hydrogen-bond acceptors (Lipinski definition) is 3. The number of nitrogens with one attached hydrogen (secondary N) is 1. The first kappa shape index (κ1) is 15.7. The van der Waals surface area contributed by atoms with Crippen molar-refractivity contribution in [3.63, 3.8) is 0 Å². The van der Waals surface area contributed by atoms with Crippen molar-refractivity contribution in [2.75, 3.05) is 12.4 Å². The molecule has 0 aliphatic carbocycles. The minimum atomic E-state index is 0.0863. The highest BCUT2D eigenvalue weighted by Gasteiger charge is 2.13. The van der Waals surface area contributed by atoms with E-state index in [1.54, 1.807) is 18.7 Å². The van der Waals surface area contributed by atoms with E-state index in [4.69, 9.17) is 0 Å². The molecule has 0 bridgehead atoms. The second kappa shape index (κ2) is 7.31. The number of anilines is 1. The summed E-state index contributed by atoms with van der Waals surface area (Å²) in [5, 5.41) is 2.95. The second-order valence-electron chi connectivity index (χ2n) is 5.22. The van der Waals surface area contributed by atoms with Crippen LogP contribution in [0.3, 0.4) is 0 Å². The third-order valence-corrected chi connectivity index (χ3v) is 3.89. The zero-order valence-electron chi connectivity index (χ0n) is 12.9. The number of rotatable bonds is 7. The van der Waals surface area contributed by atoms with Crippen LogP contribution in [0, 0.1) is 12.8 Å². The molecule has 0 aliphatic rings. The molecule has 108 valence electrons. The maximum absolute atomic E-state index is 12.3. The van der Waals surface area contributed by atoms with Crippen LogP contribution < -0.4 is 10.9 Å². The van der Waals surface area contributed by atoms with Crippen LogP contribution in [0.4, 0.5) is 5.95 Å². The van der Waals surface area contributed by atoms with Gasteiger partial charge >= 0.3 is 0 Å². The van der Waals surface area contributed by atoms with Crippen LogP contribution in [0.15, 0.2) is 4.79 Å². The predicted molar refractivity (Wildman–Crippen MR) is 80.8 cm³/mol. The Labute approximate surface area is 116 Å². The summed E-state index contributed by atoms with van der Waals surface area (Å²) in [4.78, 5) is 16.8. The van der Waals surface area contributed by atoms with E-state index < -0.39 is 0 Å². The van der Waals surface area contributed by atoms with E-state index in [9.17, 15) is 4.79 Å². The fourth-order valence-corrected chi connectivity index (χ4v) is 2.58. The molecule has 1 atom stereocenters. The Morgan fingerprint density at radius 3 is 2.53 bits per heavy atom. The summed E-state index contributed by atoms with van der Waals surface area (Å²) in [6.45, 7) is 6.38. The van der Waals surface area contributed by atoms with Crippen LogP contribution in [0.5, 0.6) is 0 Å². The summed E-state index contributed by atoms with van der Waals surface area (Å²) < 4.78 is 1.60. The van der Waals surface area contributed by atoms with E-state index in [-0.39, 0.29) is 5.56 Å². The molecule has 1 N–H and O–H groups in total. The van der Waals surface area contributed by atoms with Crippen LogP contribution in [-0.4, -0.2) is 16.6 Å². The molecule has 0 saturated carbocycles. The van der Waals surface area contributed by atoms with Gasteiger partial charge in [-0.15, -0.1) is 0 Å². The van der Waals surface area contributed by atoms with E-state index in [2.05, 4.69) is 24.1 Å². The van der Waals surface area contributed by atoms with Crippen LogP contribution in [0.2, 0.25) is 0 Å². The number of hydrogen-bond donors (Lipinski definition) is 1. The van der Waals surface area contributed by atoms with Crippen LogP contribution in [0.1, 0.15) is 50.8 Å². The lowest BCUT2D eigenvalue weighted by Gasteiger charge is -2.15. The van der Waals surface area contributed by atoms with E-state index in [1.807, 2.05) is 6.92 Å². The zero-order chi connectivity index (χ0) is 14.4. The van der Waals surface area contributed by atoms with Gasteiger partial charge in [0.05, 0.1) is 0 Å². The first-order valence-corrected chi connectivity index (χ1v) is 7.29. The molecule has 19 heavy (non-hydrogen) atoms. The van der Waals surface area contributed by atoms with Crippen molar-refractivity contribution in [2.24, 2.45) is 13.0 Å². The Morgan fingerprint density at radius 1 is 1.32 bits per heavy atom. The van der Waals surface area contributed by atoms with Gasteiger partial charge in [0.1, 0.15) is 0 Å². The summed E-state index contributed by atoms with van der Waals surface area (Å²) in [5.74, 6) is 1.35. The minimum absolute atomic E-state index is 0.0863. The molecule has 0 saturated heterocycles. The lowest BCUT2D eigenvalue weighted by molar-refractivity contribution is 0.430. The zero-order valence-corrected chi connectivity index (χ0v) is 12.9. The molecule has 1 aromatic rings. The highest BCUT2D eigenvalue weighted by molar-refractivity contribution is 5.30. The topological polar surface area (TPSA) is 46.9 Å². The Balaban J connectivity index is 2.90. The molecule has 1 aromatic heterocycles. The predicted octanol–water partition coefficient (Wildman–Crippen LogP) is 2.89. The minimum Gasteiger partial charge on any atom is -0.359 e.